The van der Waals surface area contributed by atoms with Gasteiger partial charge in [0.15, 0.2) is 0 Å². The average Bonchev–Trinajstić information content (AvgIpc) is 3.12. The number of sulfonamides is 1. The van der Waals surface area contributed by atoms with Gasteiger partial charge in [0, 0.05) is 12.6 Å². The number of carbonyl (C=O) groups is 3. The van der Waals surface area contributed by atoms with Crippen molar-refractivity contribution in [3.05, 3.63) is 83.4 Å². The van der Waals surface area contributed by atoms with E-state index in [1.165, 1.54) is 50.6 Å². The van der Waals surface area contributed by atoms with Gasteiger partial charge in [-0.05, 0) is 48.5 Å². The second-order valence-electron chi connectivity index (χ2n) is 7.13. The summed E-state index contributed by atoms with van der Waals surface area (Å²) in [6, 6.07) is 16.6. The molecule has 2 N–H and O–H groups in total. The monoisotopic (exact) mass is 465 g/mol. The number of imide groups is 1. The molecule has 168 valence electrons. The Bertz CT molecular complexity index is 1380. The molecule has 0 aliphatic carbocycles. The van der Waals surface area contributed by atoms with Crippen LogP contribution >= 0.6 is 0 Å². The molecule has 10 heteroatoms. The van der Waals surface area contributed by atoms with Crippen molar-refractivity contribution in [3.8, 4) is 5.75 Å². The second kappa shape index (κ2) is 8.40. The summed E-state index contributed by atoms with van der Waals surface area (Å²) in [4.78, 5) is 36.5. The van der Waals surface area contributed by atoms with E-state index in [2.05, 4.69) is 10.6 Å². The minimum absolute atomic E-state index is 0.0157. The first kappa shape index (κ1) is 22.0. The van der Waals surface area contributed by atoms with Gasteiger partial charge in [-0.2, -0.15) is 0 Å². The Morgan fingerprint density at radius 2 is 1.64 bits per heavy atom. The number of para-hydroxylation sites is 2. The van der Waals surface area contributed by atoms with Crippen molar-refractivity contribution in [2.75, 3.05) is 23.8 Å². The fourth-order valence-electron chi connectivity index (χ4n) is 3.47. The molecule has 9 nitrogen and oxygen atoms in total. The van der Waals surface area contributed by atoms with Crippen molar-refractivity contribution in [1.29, 1.82) is 0 Å². The molecule has 0 bridgehead atoms. The number of rotatable bonds is 6. The van der Waals surface area contributed by atoms with E-state index < -0.39 is 27.7 Å². The number of carbonyl (C=O) groups excluding carboxylic acids is 3. The molecule has 0 saturated heterocycles. The third-order valence-electron chi connectivity index (χ3n) is 5.21. The van der Waals surface area contributed by atoms with Gasteiger partial charge >= 0.3 is 0 Å². The van der Waals surface area contributed by atoms with Crippen molar-refractivity contribution in [2.24, 2.45) is 0 Å². The SMILES string of the molecule is COc1ccccc1N(C)S(=O)(=O)c1ccc(C(=O)Nc2cccc3c2C(=O)NC3=O)cc1. The minimum atomic E-state index is -3.92. The Labute approximate surface area is 190 Å². The number of amides is 3. The molecule has 3 aromatic carbocycles. The van der Waals surface area contributed by atoms with Gasteiger partial charge in [0.05, 0.1) is 34.5 Å². The predicted octanol–water partition coefficient (Wildman–Crippen LogP) is 2.66. The number of methoxy groups -OCH3 is 1. The zero-order valence-corrected chi connectivity index (χ0v) is 18.5. The number of fused-ring (bicyclic) bond motifs is 1. The first-order chi connectivity index (χ1) is 15.7. The number of benzene rings is 3. The predicted molar refractivity (Wildman–Crippen MR) is 121 cm³/mol. The standard InChI is InChI=1S/C23H19N3O6S/c1-26(18-8-3-4-9-19(18)32-2)33(30,31)15-12-10-14(11-13-15)21(27)24-17-7-5-6-16-20(17)23(29)25-22(16)28/h3-13H,1-2H3,(H,24,27)(H,25,28,29). The number of nitrogens with one attached hydrogen (secondary N) is 2. The van der Waals surface area contributed by atoms with Gasteiger partial charge in [0.2, 0.25) is 0 Å². The van der Waals surface area contributed by atoms with Crippen LogP contribution in [0.4, 0.5) is 11.4 Å². The van der Waals surface area contributed by atoms with E-state index in [4.69, 9.17) is 4.74 Å². The van der Waals surface area contributed by atoms with Crippen LogP contribution in [0, 0.1) is 0 Å². The van der Waals surface area contributed by atoms with Gasteiger partial charge in [0.25, 0.3) is 27.7 Å². The number of hydrogen-bond donors (Lipinski definition) is 2. The van der Waals surface area contributed by atoms with Crippen molar-refractivity contribution in [1.82, 2.24) is 5.32 Å². The quantitative estimate of drug-likeness (QED) is 0.540. The van der Waals surface area contributed by atoms with E-state index >= 15 is 0 Å². The summed E-state index contributed by atoms with van der Waals surface area (Å²) in [6.45, 7) is 0. The van der Waals surface area contributed by atoms with Gasteiger partial charge in [-0.15, -0.1) is 0 Å². The molecule has 3 amide bonds. The lowest BCUT2D eigenvalue weighted by molar-refractivity contribution is 0.0879. The maximum atomic E-state index is 13.1. The lowest BCUT2D eigenvalue weighted by atomic mass is 10.1. The highest BCUT2D eigenvalue weighted by molar-refractivity contribution is 7.92. The number of hydrogen-bond acceptors (Lipinski definition) is 6. The molecule has 1 aliphatic rings. The lowest BCUT2D eigenvalue weighted by Crippen LogP contribution is -2.27. The molecule has 33 heavy (non-hydrogen) atoms. The topological polar surface area (TPSA) is 122 Å². The molecule has 0 saturated carbocycles. The van der Waals surface area contributed by atoms with Crippen LogP contribution in [0.15, 0.2) is 71.6 Å². The summed E-state index contributed by atoms with van der Waals surface area (Å²) in [6.07, 6.45) is 0. The molecule has 3 aromatic rings. The van der Waals surface area contributed by atoms with Crippen LogP contribution in [-0.2, 0) is 10.0 Å². The largest absolute Gasteiger partial charge is 0.495 e. The Balaban J connectivity index is 1.57. The fraction of sp³-hybridized carbons (Fsp3) is 0.0870. The van der Waals surface area contributed by atoms with E-state index in [9.17, 15) is 22.8 Å². The van der Waals surface area contributed by atoms with Crippen LogP contribution in [0.25, 0.3) is 0 Å². The van der Waals surface area contributed by atoms with Gasteiger partial charge in [-0.1, -0.05) is 18.2 Å². The Kier molecular flexibility index (Phi) is 5.60. The fourth-order valence-corrected chi connectivity index (χ4v) is 4.68. The zero-order valence-electron chi connectivity index (χ0n) is 17.7. The summed E-state index contributed by atoms with van der Waals surface area (Å²) < 4.78 is 32.5. The molecule has 1 heterocycles. The van der Waals surface area contributed by atoms with Crippen molar-refractivity contribution in [3.63, 3.8) is 0 Å². The molecular weight excluding hydrogens is 446 g/mol. The summed E-state index contributed by atoms with van der Waals surface area (Å²) in [5.41, 5.74) is 1.00. The van der Waals surface area contributed by atoms with Gasteiger partial charge < -0.3 is 10.1 Å². The third kappa shape index (κ3) is 3.92. The highest BCUT2D eigenvalue weighted by Gasteiger charge is 2.30. The van der Waals surface area contributed by atoms with Crippen LogP contribution in [0.1, 0.15) is 31.1 Å². The number of ether oxygens (including phenoxy) is 1. The van der Waals surface area contributed by atoms with Crippen molar-refractivity contribution < 1.29 is 27.5 Å². The molecule has 4 rings (SSSR count). The number of anilines is 2. The average molecular weight is 465 g/mol. The first-order valence-corrected chi connectivity index (χ1v) is 11.2. The van der Waals surface area contributed by atoms with Crippen molar-refractivity contribution >= 4 is 39.1 Å². The summed E-state index contributed by atoms with van der Waals surface area (Å²) in [7, 11) is -1.05. The molecule has 0 aromatic heterocycles. The lowest BCUT2D eigenvalue weighted by Gasteiger charge is -2.21. The van der Waals surface area contributed by atoms with Crippen molar-refractivity contribution in [2.45, 2.75) is 4.90 Å². The summed E-state index contributed by atoms with van der Waals surface area (Å²) in [5, 5.41) is 4.79. The summed E-state index contributed by atoms with van der Waals surface area (Å²) in [5.74, 6) is -1.28. The van der Waals surface area contributed by atoms with Crippen LogP contribution in [0.5, 0.6) is 5.75 Å². The molecule has 0 fully saturated rings. The molecule has 0 unspecified atom stereocenters. The molecule has 0 atom stereocenters. The Hall–Kier alpha value is -4.18. The third-order valence-corrected chi connectivity index (χ3v) is 7.00. The minimum Gasteiger partial charge on any atom is -0.495 e. The Morgan fingerprint density at radius 1 is 0.939 bits per heavy atom. The van der Waals surface area contributed by atoms with Gasteiger partial charge in [-0.3, -0.25) is 24.0 Å². The maximum Gasteiger partial charge on any atom is 0.264 e. The van der Waals surface area contributed by atoms with E-state index in [1.807, 2.05) is 0 Å². The van der Waals surface area contributed by atoms with Crippen LogP contribution in [-0.4, -0.2) is 40.3 Å². The highest BCUT2D eigenvalue weighted by Crippen LogP contribution is 2.31. The van der Waals surface area contributed by atoms with Crippen LogP contribution < -0.4 is 19.7 Å². The second-order valence-corrected chi connectivity index (χ2v) is 9.10. The van der Waals surface area contributed by atoms with Gasteiger partial charge in [-0.25, -0.2) is 8.42 Å². The smallest absolute Gasteiger partial charge is 0.264 e. The molecule has 1 aliphatic heterocycles. The molecule has 0 spiro atoms. The zero-order chi connectivity index (χ0) is 23.8. The highest BCUT2D eigenvalue weighted by atomic mass is 32.2. The van der Waals surface area contributed by atoms with Crippen LogP contribution in [0.3, 0.4) is 0 Å². The van der Waals surface area contributed by atoms with E-state index in [0.29, 0.717) is 11.4 Å². The summed E-state index contributed by atoms with van der Waals surface area (Å²) >= 11 is 0. The normalized spacial score (nSPS) is 12.7. The van der Waals surface area contributed by atoms with E-state index in [0.717, 1.165) is 4.31 Å². The molecule has 0 radical (unpaired) electrons. The first-order valence-electron chi connectivity index (χ1n) is 9.76. The Morgan fingerprint density at radius 3 is 2.33 bits per heavy atom. The van der Waals surface area contributed by atoms with E-state index in [1.54, 1.807) is 30.3 Å². The van der Waals surface area contributed by atoms with Gasteiger partial charge in [0.1, 0.15) is 5.75 Å². The maximum absolute atomic E-state index is 13.1. The number of nitrogens with zero attached hydrogens (tertiary/aromatic N) is 1. The molecular formula is C23H19N3O6S. The van der Waals surface area contributed by atoms with E-state index in [-0.39, 0.29) is 27.3 Å². The van der Waals surface area contributed by atoms with Crippen LogP contribution in [0.2, 0.25) is 0 Å².